The van der Waals surface area contributed by atoms with E-state index in [4.69, 9.17) is 0 Å². The fraction of sp³-hybridized carbons (Fsp3) is 0.222. The standard InChI is InChI=1S/C9H10N4O2/c1-4-13-7-6(12(3)9(13)15)8(14)11(2)5-10-7/h4-5H,1H2,2-3H3. The van der Waals surface area contributed by atoms with E-state index in [-0.39, 0.29) is 16.8 Å². The molecule has 6 heteroatoms. The Morgan fingerprint density at radius 2 is 2.07 bits per heavy atom. The lowest BCUT2D eigenvalue weighted by Crippen LogP contribution is -2.22. The van der Waals surface area contributed by atoms with Gasteiger partial charge in [-0.15, -0.1) is 0 Å². The Bertz CT molecular complexity index is 659. The summed E-state index contributed by atoms with van der Waals surface area (Å²) in [4.78, 5) is 27.4. The van der Waals surface area contributed by atoms with E-state index < -0.39 is 0 Å². The van der Waals surface area contributed by atoms with Crippen molar-refractivity contribution < 1.29 is 0 Å². The summed E-state index contributed by atoms with van der Waals surface area (Å²) in [5.41, 5.74) is 0.0431. The molecule has 2 aromatic rings. The highest BCUT2D eigenvalue weighted by Crippen LogP contribution is 2.02. The van der Waals surface area contributed by atoms with Crippen molar-refractivity contribution in [3.8, 4) is 0 Å². The molecule has 0 amide bonds. The number of aryl methyl sites for hydroxylation is 2. The third-order valence-electron chi connectivity index (χ3n) is 2.33. The minimum Gasteiger partial charge on any atom is -0.300 e. The van der Waals surface area contributed by atoms with Crippen LogP contribution in [0.1, 0.15) is 0 Å². The molecule has 0 saturated carbocycles. The summed E-state index contributed by atoms with van der Waals surface area (Å²) in [6.45, 7) is 3.51. The Balaban J connectivity index is 3.18. The fourth-order valence-electron chi connectivity index (χ4n) is 1.50. The first-order chi connectivity index (χ1) is 7.07. The van der Waals surface area contributed by atoms with Gasteiger partial charge in [-0.3, -0.25) is 13.9 Å². The lowest BCUT2D eigenvalue weighted by Gasteiger charge is -1.96. The minimum atomic E-state index is -0.323. The second kappa shape index (κ2) is 2.94. The molecule has 0 aliphatic carbocycles. The Morgan fingerprint density at radius 3 is 2.67 bits per heavy atom. The van der Waals surface area contributed by atoms with Gasteiger partial charge in [0, 0.05) is 20.3 Å². The van der Waals surface area contributed by atoms with Crippen LogP contribution >= 0.6 is 0 Å². The quantitative estimate of drug-likeness (QED) is 0.634. The Labute approximate surface area is 84.7 Å². The van der Waals surface area contributed by atoms with E-state index in [0.717, 1.165) is 0 Å². The van der Waals surface area contributed by atoms with Gasteiger partial charge in [-0.05, 0) is 0 Å². The van der Waals surface area contributed by atoms with E-state index >= 15 is 0 Å². The van der Waals surface area contributed by atoms with E-state index in [0.29, 0.717) is 5.65 Å². The summed E-state index contributed by atoms with van der Waals surface area (Å²) < 4.78 is 3.85. The number of fused-ring (bicyclic) bond motifs is 1. The maximum absolute atomic E-state index is 11.7. The Kier molecular flexibility index (Phi) is 1.85. The number of hydrogen-bond donors (Lipinski definition) is 0. The van der Waals surface area contributed by atoms with Crippen molar-refractivity contribution in [2.75, 3.05) is 0 Å². The molecule has 78 valence electrons. The number of nitrogens with zero attached hydrogens (tertiary/aromatic N) is 4. The van der Waals surface area contributed by atoms with Gasteiger partial charge in [0.25, 0.3) is 5.56 Å². The molecule has 15 heavy (non-hydrogen) atoms. The first kappa shape index (κ1) is 9.45. The van der Waals surface area contributed by atoms with Crippen LogP contribution in [0.3, 0.4) is 0 Å². The summed E-state index contributed by atoms with van der Waals surface area (Å²) in [5, 5.41) is 0. The molecule has 0 fully saturated rings. The number of aromatic nitrogens is 4. The topological polar surface area (TPSA) is 61.8 Å². The normalized spacial score (nSPS) is 10.8. The first-order valence-corrected chi connectivity index (χ1v) is 4.33. The van der Waals surface area contributed by atoms with Crippen LogP contribution in [0.15, 0.2) is 22.5 Å². The number of rotatable bonds is 1. The van der Waals surface area contributed by atoms with Gasteiger partial charge in [0.05, 0.1) is 6.33 Å². The number of hydrogen-bond acceptors (Lipinski definition) is 3. The van der Waals surface area contributed by atoms with Crippen molar-refractivity contribution in [1.29, 1.82) is 0 Å². The highest BCUT2D eigenvalue weighted by molar-refractivity contribution is 5.72. The largest absolute Gasteiger partial charge is 0.334 e. The SMILES string of the molecule is C=Cn1c(=O)n(C)c2c(=O)n(C)cnc21. The van der Waals surface area contributed by atoms with Gasteiger partial charge in [-0.25, -0.2) is 9.78 Å². The molecule has 2 heterocycles. The van der Waals surface area contributed by atoms with E-state index in [1.54, 1.807) is 7.05 Å². The molecule has 0 bridgehead atoms. The second-order valence-electron chi connectivity index (χ2n) is 3.23. The monoisotopic (exact) mass is 206 g/mol. The fourth-order valence-corrected chi connectivity index (χ4v) is 1.50. The van der Waals surface area contributed by atoms with Crippen LogP contribution < -0.4 is 11.2 Å². The average Bonchev–Trinajstić information content (AvgIpc) is 2.46. The zero-order valence-corrected chi connectivity index (χ0v) is 8.47. The number of imidazole rings is 1. The lowest BCUT2D eigenvalue weighted by atomic mass is 10.5. The van der Waals surface area contributed by atoms with Crippen molar-refractivity contribution in [3.05, 3.63) is 33.7 Å². The van der Waals surface area contributed by atoms with Crippen molar-refractivity contribution in [2.24, 2.45) is 14.1 Å². The van der Waals surface area contributed by atoms with Crippen LogP contribution in [-0.4, -0.2) is 18.7 Å². The third-order valence-corrected chi connectivity index (χ3v) is 2.33. The van der Waals surface area contributed by atoms with Crippen LogP contribution in [0.5, 0.6) is 0 Å². The molecule has 2 aromatic heterocycles. The van der Waals surface area contributed by atoms with Gasteiger partial charge in [0.1, 0.15) is 0 Å². The highest BCUT2D eigenvalue weighted by atomic mass is 16.2. The van der Waals surface area contributed by atoms with Gasteiger partial charge in [0.15, 0.2) is 11.2 Å². The van der Waals surface area contributed by atoms with Crippen molar-refractivity contribution in [3.63, 3.8) is 0 Å². The molecule has 0 atom stereocenters. The molecule has 0 aliphatic rings. The Hall–Kier alpha value is -2.11. The van der Waals surface area contributed by atoms with E-state index in [1.165, 1.54) is 33.3 Å². The predicted molar refractivity (Wildman–Crippen MR) is 56.6 cm³/mol. The predicted octanol–water partition coefficient (Wildman–Crippen LogP) is -0.466. The molecule has 2 rings (SSSR count). The molecule has 0 saturated heterocycles. The zero-order chi connectivity index (χ0) is 11.2. The van der Waals surface area contributed by atoms with Crippen molar-refractivity contribution in [1.82, 2.24) is 18.7 Å². The summed E-state index contributed by atoms with van der Waals surface area (Å²) in [5.74, 6) is 0. The highest BCUT2D eigenvalue weighted by Gasteiger charge is 2.13. The molecule has 0 aliphatic heterocycles. The maximum Gasteiger partial charge on any atom is 0.334 e. The van der Waals surface area contributed by atoms with Crippen LogP contribution in [0.2, 0.25) is 0 Å². The molecular formula is C9H10N4O2. The lowest BCUT2D eigenvalue weighted by molar-refractivity contribution is 0.819. The summed E-state index contributed by atoms with van der Waals surface area (Å²) >= 11 is 0. The minimum absolute atomic E-state index is 0.250. The van der Waals surface area contributed by atoms with E-state index in [2.05, 4.69) is 11.6 Å². The van der Waals surface area contributed by atoms with Gasteiger partial charge in [0.2, 0.25) is 0 Å². The van der Waals surface area contributed by atoms with Crippen LogP contribution in [0.25, 0.3) is 17.4 Å². The Morgan fingerprint density at radius 1 is 1.40 bits per heavy atom. The van der Waals surface area contributed by atoms with Crippen molar-refractivity contribution in [2.45, 2.75) is 0 Å². The van der Waals surface area contributed by atoms with E-state index in [1.807, 2.05) is 0 Å². The molecule has 0 unspecified atom stereocenters. The third kappa shape index (κ3) is 1.08. The molecule has 0 aromatic carbocycles. The van der Waals surface area contributed by atoms with Gasteiger partial charge >= 0.3 is 5.69 Å². The summed E-state index contributed by atoms with van der Waals surface area (Å²) in [6.07, 6.45) is 2.72. The second-order valence-corrected chi connectivity index (χ2v) is 3.23. The van der Waals surface area contributed by atoms with Gasteiger partial charge < -0.3 is 4.57 Å². The average molecular weight is 206 g/mol. The van der Waals surface area contributed by atoms with Crippen LogP contribution in [-0.2, 0) is 14.1 Å². The molecular weight excluding hydrogens is 196 g/mol. The van der Waals surface area contributed by atoms with Crippen LogP contribution in [0, 0.1) is 0 Å². The molecule has 0 spiro atoms. The smallest absolute Gasteiger partial charge is 0.300 e. The zero-order valence-electron chi connectivity index (χ0n) is 8.47. The van der Waals surface area contributed by atoms with Gasteiger partial charge in [-0.2, -0.15) is 0 Å². The maximum atomic E-state index is 11.7. The van der Waals surface area contributed by atoms with Crippen LogP contribution in [0.4, 0.5) is 0 Å². The molecule has 6 nitrogen and oxygen atoms in total. The molecule has 0 radical (unpaired) electrons. The van der Waals surface area contributed by atoms with Gasteiger partial charge in [-0.1, -0.05) is 6.58 Å². The first-order valence-electron chi connectivity index (χ1n) is 4.33. The summed E-state index contributed by atoms with van der Waals surface area (Å²) in [7, 11) is 3.12. The van der Waals surface area contributed by atoms with Crippen molar-refractivity contribution >= 4 is 17.4 Å². The van der Waals surface area contributed by atoms with E-state index in [9.17, 15) is 9.59 Å². The molecule has 0 N–H and O–H groups in total. The summed E-state index contributed by atoms with van der Waals surface area (Å²) in [6, 6.07) is 0.